The van der Waals surface area contributed by atoms with E-state index in [1.165, 1.54) is 0 Å². The number of hydrogen-bond donors (Lipinski definition) is 2. The van der Waals surface area contributed by atoms with E-state index in [2.05, 4.69) is 15.5 Å². The Morgan fingerprint density at radius 2 is 2.19 bits per heavy atom. The first-order chi connectivity index (χ1) is 10.0. The first kappa shape index (κ1) is 13.9. The summed E-state index contributed by atoms with van der Waals surface area (Å²) in [5.41, 5.74) is 2.60. The van der Waals surface area contributed by atoms with E-state index in [-0.39, 0.29) is 18.0 Å². The zero-order chi connectivity index (χ0) is 15.0. The number of likely N-dealkylation sites (tertiary alicyclic amines) is 1. The highest BCUT2D eigenvalue weighted by Crippen LogP contribution is 2.26. The van der Waals surface area contributed by atoms with Gasteiger partial charge in [-0.1, -0.05) is 0 Å². The van der Waals surface area contributed by atoms with Crippen molar-refractivity contribution >= 4 is 23.3 Å². The van der Waals surface area contributed by atoms with E-state index in [9.17, 15) is 9.59 Å². The fourth-order valence-corrected chi connectivity index (χ4v) is 2.93. The van der Waals surface area contributed by atoms with Crippen molar-refractivity contribution in [3.8, 4) is 0 Å². The lowest BCUT2D eigenvalue weighted by Crippen LogP contribution is -2.37. The first-order valence-corrected chi connectivity index (χ1v) is 7.21. The highest BCUT2D eigenvalue weighted by atomic mass is 16.2. The van der Waals surface area contributed by atoms with Crippen LogP contribution in [0.25, 0.3) is 0 Å². The minimum Gasteiger partial charge on any atom is -0.325 e. The Hall–Kier alpha value is -2.08. The van der Waals surface area contributed by atoms with Gasteiger partial charge in [0.05, 0.1) is 6.04 Å². The molecule has 1 unspecified atom stereocenters. The number of carbonyl (C=O) groups excluding carboxylic acids is 2. The van der Waals surface area contributed by atoms with Crippen molar-refractivity contribution in [1.29, 1.82) is 0 Å². The summed E-state index contributed by atoms with van der Waals surface area (Å²) in [6.45, 7) is 1.52. The molecule has 1 saturated heterocycles. The number of likely N-dealkylation sites (N-methyl/N-ethyl adjacent to an activating group) is 1. The second kappa shape index (κ2) is 5.37. The largest absolute Gasteiger partial charge is 0.325 e. The molecule has 1 atom stereocenters. The number of amides is 3. The number of anilines is 2. The molecule has 21 heavy (non-hydrogen) atoms. The molecule has 6 heteroatoms. The van der Waals surface area contributed by atoms with Gasteiger partial charge in [0.1, 0.15) is 0 Å². The molecule has 0 spiro atoms. The zero-order valence-electron chi connectivity index (χ0n) is 12.3. The molecule has 2 aliphatic heterocycles. The standard InChI is InChI=1S/C15H20N4O2/c1-18-7-3-4-13(18)14(20)16-11-5-6-12-10(8-11)9-19(2)15(21)17-12/h5-6,8,13H,3-4,7,9H2,1-2H3,(H,16,20)(H,17,21). The van der Waals surface area contributed by atoms with Crippen LogP contribution < -0.4 is 10.6 Å². The number of hydrogen-bond acceptors (Lipinski definition) is 3. The van der Waals surface area contributed by atoms with Gasteiger partial charge in [0.15, 0.2) is 0 Å². The van der Waals surface area contributed by atoms with Gasteiger partial charge in [-0.15, -0.1) is 0 Å². The average Bonchev–Trinajstić information content (AvgIpc) is 2.87. The molecule has 2 heterocycles. The average molecular weight is 288 g/mol. The highest BCUT2D eigenvalue weighted by Gasteiger charge is 2.28. The lowest BCUT2D eigenvalue weighted by Gasteiger charge is -2.26. The maximum absolute atomic E-state index is 12.3. The molecular formula is C15H20N4O2. The van der Waals surface area contributed by atoms with E-state index in [1.807, 2.05) is 25.2 Å². The third kappa shape index (κ3) is 2.71. The van der Waals surface area contributed by atoms with Crippen molar-refractivity contribution in [2.75, 3.05) is 31.3 Å². The van der Waals surface area contributed by atoms with Crippen LogP contribution in [0.1, 0.15) is 18.4 Å². The normalized spacial score (nSPS) is 21.9. The molecule has 1 aromatic rings. The summed E-state index contributed by atoms with van der Waals surface area (Å²) < 4.78 is 0. The summed E-state index contributed by atoms with van der Waals surface area (Å²) >= 11 is 0. The topological polar surface area (TPSA) is 64.7 Å². The molecule has 0 aromatic heterocycles. The SMILES string of the molecule is CN1Cc2cc(NC(=O)C3CCCN3C)ccc2NC1=O. The minimum atomic E-state index is -0.105. The number of nitrogens with zero attached hydrogens (tertiary/aromatic N) is 2. The fraction of sp³-hybridized carbons (Fsp3) is 0.467. The summed E-state index contributed by atoms with van der Waals surface area (Å²) in [4.78, 5) is 27.5. The molecule has 2 aliphatic rings. The van der Waals surface area contributed by atoms with Crippen LogP contribution in [0.5, 0.6) is 0 Å². The van der Waals surface area contributed by atoms with Crippen molar-refractivity contribution in [2.24, 2.45) is 0 Å². The van der Waals surface area contributed by atoms with Crippen LogP contribution in [0.3, 0.4) is 0 Å². The number of benzene rings is 1. The van der Waals surface area contributed by atoms with Gasteiger partial charge in [-0.05, 0) is 50.2 Å². The lowest BCUT2D eigenvalue weighted by molar-refractivity contribution is -0.119. The van der Waals surface area contributed by atoms with Crippen LogP contribution in [0.2, 0.25) is 0 Å². The third-order valence-corrected chi connectivity index (χ3v) is 4.19. The van der Waals surface area contributed by atoms with Crippen molar-refractivity contribution in [3.63, 3.8) is 0 Å². The third-order valence-electron chi connectivity index (χ3n) is 4.19. The molecule has 1 aromatic carbocycles. The summed E-state index contributed by atoms with van der Waals surface area (Å²) in [6.07, 6.45) is 1.97. The summed E-state index contributed by atoms with van der Waals surface area (Å²) in [6, 6.07) is 5.46. The van der Waals surface area contributed by atoms with E-state index < -0.39 is 0 Å². The van der Waals surface area contributed by atoms with Gasteiger partial charge < -0.3 is 15.5 Å². The van der Waals surface area contributed by atoms with Crippen molar-refractivity contribution < 1.29 is 9.59 Å². The molecule has 0 saturated carbocycles. The number of fused-ring (bicyclic) bond motifs is 1. The van der Waals surface area contributed by atoms with E-state index in [4.69, 9.17) is 0 Å². The lowest BCUT2D eigenvalue weighted by atomic mass is 10.1. The fourth-order valence-electron chi connectivity index (χ4n) is 2.93. The van der Waals surface area contributed by atoms with Gasteiger partial charge in [-0.2, -0.15) is 0 Å². The van der Waals surface area contributed by atoms with Gasteiger partial charge in [-0.3, -0.25) is 9.69 Å². The summed E-state index contributed by atoms with van der Waals surface area (Å²) in [5.74, 6) is 0.0446. The Morgan fingerprint density at radius 1 is 1.38 bits per heavy atom. The maximum atomic E-state index is 12.3. The number of urea groups is 1. The van der Waals surface area contributed by atoms with Crippen LogP contribution in [-0.4, -0.2) is 48.4 Å². The Bertz CT molecular complexity index is 587. The monoisotopic (exact) mass is 288 g/mol. The minimum absolute atomic E-state index is 0.0385. The van der Waals surface area contributed by atoms with Gasteiger partial charge in [0, 0.05) is 25.0 Å². The molecule has 2 N–H and O–H groups in total. The molecular weight excluding hydrogens is 268 g/mol. The van der Waals surface area contributed by atoms with Crippen LogP contribution in [-0.2, 0) is 11.3 Å². The van der Waals surface area contributed by atoms with E-state index in [0.29, 0.717) is 6.54 Å². The van der Waals surface area contributed by atoms with Gasteiger partial charge >= 0.3 is 6.03 Å². The molecule has 112 valence electrons. The predicted octanol–water partition coefficient (Wildman–Crippen LogP) is 1.70. The van der Waals surface area contributed by atoms with E-state index in [0.717, 1.165) is 36.3 Å². The molecule has 3 amide bonds. The van der Waals surface area contributed by atoms with Crippen molar-refractivity contribution in [1.82, 2.24) is 9.80 Å². The summed E-state index contributed by atoms with van der Waals surface area (Å²) in [7, 11) is 3.73. The Balaban J connectivity index is 1.74. The Kier molecular flexibility index (Phi) is 3.55. The summed E-state index contributed by atoms with van der Waals surface area (Å²) in [5, 5.41) is 5.80. The highest BCUT2D eigenvalue weighted by molar-refractivity contribution is 5.96. The second-order valence-electron chi connectivity index (χ2n) is 5.79. The quantitative estimate of drug-likeness (QED) is 0.870. The molecule has 1 fully saturated rings. The predicted molar refractivity (Wildman–Crippen MR) is 81.2 cm³/mol. The molecule has 0 bridgehead atoms. The van der Waals surface area contributed by atoms with Gasteiger partial charge in [0.2, 0.25) is 5.91 Å². The smallest absolute Gasteiger partial charge is 0.321 e. The Morgan fingerprint density at radius 3 is 2.90 bits per heavy atom. The van der Waals surface area contributed by atoms with Crippen LogP contribution in [0.4, 0.5) is 16.2 Å². The van der Waals surface area contributed by atoms with Crippen LogP contribution in [0.15, 0.2) is 18.2 Å². The van der Waals surface area contributed by atoms with Crippen molar-refractivity contribution in [2.45, 2.75) is 25.4 Å². The molecule has 0 radical (unpaired) electrons. The first-order valence-electron chi connectivity index (χ1n) is 7.21. The van der Waals surface area contributed by atoms with Crippen molar-refractivity contribution in [3.05, 3.63) is 23.8 Å². The number of carbonyl (C=O) groups is 2. The van der Waals surface area contributed by atoms with Crippen LogP contribution >= 0.6 is 0 Å². The van der Waals surface area contributed by atoms with E-state index >= 15 is 0 Å². The molecule has 6 nitrogen and oxygen atoms in total. The maximum Gasteiger partial charge on any atom is 0.321 e. The number of nitrogens with one attached hydrogen (secondary N) is 2. The molecule has 0 aliphatic carbocycles. The number of rotatable bonds is 2. The second-order valence-corrected chi connectivity index (χ2v) is 5.79. The van der Waals surface area contributed by atoms with Gasteiger partial charge in [-0.25, -0.2) is 4.79 Å². The Labute approximate surface area is 124 Å². The van der Waals surface area contributed by atoms with Gasteiger partial charge in [0.25, 0.3) is 0 Å². The molecule has 3 rings (SSSR count). The zero-order valence-corrected chi connectivity index (χ0v) is 12.3. The van der Waals surface area contributed by atoms with E-state index in [1.54, 1.807) is 11.9 Å². The van der Waals surface area contributed by atoms with Crippen LogP contribution in [0, 0.1) is 0 Å².